The summed E-state index contributed by atoms with van der Waals surface area (Å²) in [6, 6.07) is 14.6. The fourth-order valence-corrected chi connectivity index (χ4v) is 2.69. The second kappa shape index (κ2) is 7.95. The van der Waals surface area contributed by atoms with Crippen LogP contribution in [0.3, 0.4) is 0 Å². The SMILES string of the molecule is CC(C)NC(=O)COC(=O)c1cc(-c2ccc(F)cc2)nc2ccccc12. The molecule has 0 unspecified atom stereocenters. The van der Waals surface area contributed by atoms with Gasteiger partial charge in [0.2, 0.25) is 0 Å². The molecule has 138 valence electrons. The Morgan fingerprint density at radius 3 is 2.52 bits per heavy atom. The minimum atomic E-state index is -0.615. The summed E-state index contributed by atoms with van der Waals surface area (Å²) >= 11 is 0. The lowest BCUT2D eigenvalue weighted by atomic mass is 10.0. The zero-order valence-electron chi connectivity index (χ0n) is 15.0. The highest BCUT2D eigenvalue weighted by Gasteiger charge is 2.16. The van der Waals surface area contributed by atoms with Crippen molar-refractivity contribution < 1.29 is 18.7 Å². The second-order valence-electron chi connectivity index (χ2n) is 6.38. The van der Waals surface area contributed by atoms with Crippen molar-refractivity contribution in [3.8, 4) is 11.3 Å². The molecular weight excluding hydrogens is 347 g/mol. The molecule has 0 aliphatic rings. The Labute approximate surface area is 156 Å². The number of carbonyl (C=O) groups excluding carboxylic acids is 2. The van der Waals surface area contributed by atoms with Gasteiger partial charge in [-0.05, 0) is 50.2 Å². The molecule has 3 rings (SSSR count). The maximum atomic E-state index is 13.2. The number of rotatable bonds is 5. The number of para-hydroxylation sites is 1. The average Bonchev–Trinajstić information content (AvgIpc) is 2.65. The molecule has 6 heteroatoms. The van der Waals surface area contributed by atoms with E-state index in [9.17, 15) is 14.0 Å². The third-order valence-corrected chi connectivity index (χ3v) is 3.86. The topological polar surface area (TPSA) is 68.3 Å². The number of benzene rings is 2. The summed E-state index contributed by atoms with van der Waals surface area (Å²) in [5.74, 6) is -1.33. The van der Waals surface area contributed by atoms with Gasteiger partial charge in [-0.15, -0.1) is 0 Å². The van der Waals surface area contributed by atoms with Crippen molar-refractivity contribution in [2.75, 3.05) is 6.61 Å². The van der Waals surface area contributed by atoms with Crippen molar-refractivity contribution in [2.45, 2.75) is 19.9 Å². The van der Waals surface area contributed by atoms with Crippen molar-refractivity contribution in [1.82, 2.24) is 10.3 Å². The number of ether oxygens (including phenoxy) is 1. The van der Waals surface area contributed by atoms with Crippen molar-refractivity contribution in [2.24, 2.45) is 0 Å². The van der Waals surface area contributed by atoms with E-state index < -0.39 is 5.97 Å². The van der Waals surface area contributed by atoms with Crippen LogP contribution in [0, 0.1) is 5.82 Å². The maximum absolute atomic E-state index is 13.2. The molecular formula is C21H19FN2O3. The van der Waals surface area contributed by atoms with Gasteiger partial charge in [0.05, 0.1) is 16.8 Å². The van der Waals surface area contributed by atoms with Crippen LogP contribution in [0.25, 0.3) is 22.2 Å². The number of esters is 1. The Morgan fingerprint density at radius 2 is 1.81 bits per heavy atom. The third kappa shape index (κ3) is 4.47. The summed E-state index contributed by atoms with van der Waals surface area (Å²) in [5.41, 5.74) is 2.11. The molecule has 0 aliphatic carbocycles. The molecule has 3 aromatic rings. The lowest BCUT2D eigenvalue weighted by Gasteiger charge is -2.11. The van der Waals surface area contributed by atoms with Gasteiger partial charge in [-0.3, -0.25) is 4.79 Å². The maximum Gasteiger partial charge on any atom is 0.339 e. The molecule has 1 aromatic heterocycles. The zero-order chi connectivity index (χ0) is 19.4. The molecule has 0 bridgehead atoms. The van der Waals surface area contributed by atoms with Crippen molar-refractivity contribution in [1.29, 1.82) is 0 Å². The van der Waals surface area contributed by atoms with Gasteiger partial charge in [0.1, 0.15) is 5.82 Å². The van der Waals surface area contributed by atoms with Crippen LogP contribution in [0.4, 0.5) is 4.39 Å². The van der Waals surface area contributed by atoms with E-state index in [2.05, 4.69) is 10.3 Å². The number of fused-ring (bicyclic) bond motifs is 1. The minimum absolute atomic E-state index is 0.0389. The molecule has 0 fully saturated rings. The van der Waals surface area contributed by atoms with Crippen LogP contribution in [0.5, 0.6) is 0 Å². The summed E-state index contributed by atoms with van der Waals surface area (Å²) < 4.78 is 18.4. The standard InChI is InChI=1S/C21H19FN2O3/c1-13(2)23-20(25)12-27-21(26)17-11-19(14-7-9-15(22)10-8-14)24-18-6-4-3-5-16(17)18/h3-11,13H,12H2,1-2H3,(H,23,25). The fourth-order valence-electron chi connectivity index (χ4n) is 2.69. The minimum Gasteiger partial charge on any atom is -0.452 e. The van der Waals surface area contributed by atoms with Gasteiger partial charge < -0.3 is 10.1 Å². The number of halogens is 1. The van der Waals surface area contributed by atoms with E-state index in [1.807, 2.05) is 19.9 Å². The van der Waals surface area contributed by atoms with Gasteiger partial charge >= 0.3 is 5.97 Å². The van der Waals surface area contributed by atoms with Crippen LogP contribution >= 0.6 is 0 Å². The zero-order valence-corrected chi connectivity index (χ0v) is 15.0. The first-order valence-electron chi connectivity index (χ1n) is 8.56. The molecule has 5 nitrogen and oxygen atoms in total. The fraction of sp³-hybridized carbons (Fsp3) is 0.190. The normalized spacial score (nSPS) is 10.8. The van der Waals surface area contributed by atoms with Crippen molar-refractivity contribution in [3.05, 3.63) is 66.0 Å². The van der Waals surface area contributed by atoms with Gasteiger partial charge in [0.15, 0.2) is 6.61 Å². The van der Waals surface area contributed by atoms with Crippen LogP contribution in [0.2, 0.25) is 0 Å². The number of nitrogens with one attached hydrogen (secondary N) is 1. The van der Waals surface area contributed by atoms with Crippen LogP contribution in [-0.4, -0.2) is 29.5 Å². The van der Waals surface area contributed by atoms with Gasteiger partial charge in [-0.2, -0.15) is 0 Å². The van der Waals surface area contributed by atoms with E-state index in [1.54, 1.807) is 36.4 Å². The smallest absolute Gasteiger partial charge is 0.339 e. The van der Waals surface area contributed by atoms with E-state index in [0.717, 1.165) is 0 Å². The van der Waals surface area contributed by atoms with Crippen molar-refractivity contribution in [3.63, 3.8) is 0 Å². The summed E-state index contributed by atoms with van der Waals surface area (Å²) in [6.45, 7) is 3.29. The lowest BCUT2D eigenvalue weighted by molar-refractivity contribution is -0.124. The first kappa shape index (κ1) is 18.5. The predicted molar refractivity (Wildman–Crippen MR) is 101 cm³/mol. The Bertz CT molecular complexity index is 984. The number of pyridine rings is 1. The van der Waals surface area contributed by atoms with Gasteiger partial charge in [-0.25, -0.2) is 14.2 Å². The van der Waals surface area contributed by atoms with Gasteiger partial charge in [0.25, 0.3) is 5.91 Å². The Hall–Kier alpha value is -3.28. The summed E-state index contributed by atoms with van der Waals surface area (Å²) in [5, 5.41) is 3.29. The number of nitrogens with zero attached hydrogens (tertiary/aromatic N) is 1. The molecule has 27 heavy (non-hydrogen) atoms. The number of hydrogen-bond donors (Lipinski definition) is 1. The third-order valence-electron chi connectivity index (χ3n) is 3.86. The van der Waals surface area contributed by atoms with Gasteiger partial charge in [-0.1, -0.05) is 18.2 Å². The molecule has 1 heterocycles. The van der Waals surface area contributed by atoms with Crippen LogP contribution in [0.1, 0.15) is 24.2 Å². The molecule has 0 radical (unpaired) electrons. The van der Waals surface area contributed by atoms with E-state index in [4.69, 9.17) is 4.74 Å². The monoisotopic (exact) mass is 366 g/mol. The molecule has 0 spiro atoms. The quantitative estimate of drug-likeness (QED) is 0.699. The van der Waals surface area contributed by atoms with E-state index in [1.165, 1.54) is 12.1 Å². The second-order valence-corrected chi connectivity index (χ2v) is 6.38. The largest absolute Gasteiger partial charge is 0.452 e. The summed E-state index contributed by atoms with van der Waals surface area (Å²) in [7, 11) is 0. The van der Waals surface area contributed by atoms with E-state index in [-0.39, 0.29) is 24.4 Å². The van der Waals surface area contributed by atoms with Crippen LogP contribution in [0.15, 0.2) is 54.6 Å². The highest BCUT2D eigenvalue weighted by atomic mass is 19.1. The molecule has 1 N–H and O–H groups in total. The highest BCUT2D eigenvalue weighted by molar-refractivity contribution is 6.05. The van der Waals surface area contributed by atoms with Gasteiger partial charge in [0, 0.05) is 17.0 Å². The average molecular weight is 366 g/mol. The number of amides is 1. The Morgan fingerprint density at radius 1 is 1.11 bits per heavy atom. The predicted octanol–water partition coefficient (Wildman–Crippen LogP) is 3.72. The lowest BCUT2D eigenvalue weighted by Crippen LogP contribution is -2.34. The first-order valence-corrected chi connectivity index (χ1v) is 8.56. The first-order chi connectivity index (χ1) is 12.9. The number of hydrogen-bond acceptors (Lipinski definition) is 4. The molecule has 0 aliphatic heterocycles. The molecule has 0 saturated carbocycles. The summed E-state index contributed by atoms with van der Waals surface area (Å²) in [6.07, 6.45) is 0. The molecule has 1 amide bonds. The van der Waals surface area contributed by atoms with E-state index in [0.29, 0.717) is 27.7 Å². The van der Waals surface area contributed by atoms with Crippen molar-refractivity contribution >= 4 is 22.8 Å². The number of carbonyl (C=O) groups is 2. The highest BCUT2D eigenvalue weighted by Crippen LogP contribution is 2.25. The van der Waals surface area contributed by atoms with Crippen LogP contribution in [-0.2, 0) is 9.53 Å². The van der Waals surface area contributed by atoms with E-state index >= 15 is 0 Å². The number of aromatic nitrogens is 1. The Balaban J connectivity index is 1.94. The Kier molecular flexibility index (Phi) is 5.45. The molecule has 0 atom stereocenters. The van der Waals surface area contributed by atoms with Crippen LogP contribution < -0.4 is 5.32 Å². The summed E-state index contributed by atoms with van der Waals surface area (Å²) in [4.78, 5) is 28.9. The molecule has 2 aromatic carbocycles. The molecule has 0 saturated heterocycles.